The molecule has 0 bridgehead atoms. The van der Waals surface area contributed by atoms with Gasteiger partial charge in [0.2, 0.25) is 11.8 Å². The van der Waals surface area contributed by atoms with Crippen LogP contribution in [0.3, 0.4) is 0 Å². The lowest BCUT2D eigenvalue weighted by Gasteiger charge is -2.23. The van der Waals surface area contributed by atoms with Gasteiger partial charge in [-0.25, -0.2) is 0 Å². The predicted molar refractivity (Wildman–Crippen MR) is 98.4 cm³/mol. The van der Waals surface area contributed by atoms with Crippen LogP contribution in [-0.2, 0) is 16.1 Å². The summed E-state index contributed by atoms with van der Waals surface area (Å²) in [6, 6.07) is 14.9. The van der Waals surface area contributed by atoms with E-state index in [9.17, 15) is 9.59 Å². The van der Waals surface area contributed by atoms with Crippen molar-refractivity contribution in [2.24, 2.45) is 5.41 Å². The van der Waals surface area contributed by atoms with E-state index in [1.807, 2.05) is 31.2 Å². The first-order valence-electron chi connectivity index (χ1n) is 8.12. The molecule has 0 saturated heterocycles. The molecule has 0 radical (unpaired) electrons. The fourth-order valence-electron chi connectivity index (χ4n) is 2.32. The Kier molecular flexibility index (Phi) is 5.80. The van der Waals surface area contributed by atoms with Gasteiger partial charge in [-0.15, -0.1) is 0 Å². The van der Waals surface area contributed by atoms with Gasteiger partial charge in [-0.3, -0.25) is 9.59 Å². The number of aryl methyl sites for hydroxylation is 1. The summed E-state index contributed by atoms with van der Waals surface area (Å²) in [5, 5.41) is 5.60. The fourth-order valence-corrected chi connectivity index (χ4v) is 2.32. The minimum atomic E-state index is -1.20. The summed E-state index contributed by atoms with van der Waals surface area (Å²) in [6.07, 6.45) is 0. The van der Waals surface area contributed by atoms with Crippen LogP contribution in [0.2, 0.25) is 0 Å². The summed E-state index contributed by atoms with van der Waals surface area (Å²) in [5.74, 6) is -0.0589. The highest BCUT2D eigenvalue weighted by Crippen LogP contribution is 2.22. The Morgan fingerprint density at radius 3 is 2.44 bits per heavy atom. The Balaban J connectivity index is 2.00. The lowest BCUT2D eigenvalue weighted by atomic mass is 9.90. The highest BCUT2D eigenvalue weighted by molar-refractivity contribution is 6.09. The van der Waals surface area contributed by atoms with Crippen LogP contribution in [0.4, 0.5) is 5.69 Å². The first-order valence-corrected chi connectivity index (χ1v) is 8.12. The van der Waals surface area contributed by atoms with Gasteiger partial charge in [0, 0.05) is 18.3 Å². The van der Waals surface area contributed by atoms with Crippen molar-refractivity contribution in [2.75, 3.05) is 12.4 Å². The SMILES string of the molecule is COc1cccc(NC(=O)C(C)(C)C(=O)NCc2cccc(C)c2)c1. The van der Waals surface area contributed by atoms with Crippen LogP contribution in [0.25, 0.3) is 0 Å². The zero-order valence-electron chi connectivity index (χ0n) is 15.1. The van der Waals surface area contributed by atoms with E-state index in [-0.39, 0.29) is 11.8 Å². The molecule has 2 aromatic rings. The minimum absolute atomic E-state index is 0.325. The van der Waals surface area contributed by atoms with Gasteiger partial charge in [0.15, 0.2) is 0 Å². The summed E-state index contributed by atoms with van der Waals surface area (Å²) < 4.78 is 5.14. The Morgan fingerprint density at radius 1 is 1.04 bits per heavy atom. The summed E-state index contributed by atoms with van der Waals surface area (Å²) in [7, 11) is 1.56. The van der Waals surface area contributed by atoms with Crippen LogP contribution in [0.15, 0.2) is 48.5 Å². The number of methoxy groups -OCH3 is 1. The van der Waals surface area contributed by atoms with E-state index in [1.165, 1.54) is 0 Å². The Morgan fingerprint density at radius 2 is 1.76 bits per heavy atom. The van der Waals surface area contributed by atoms with Crippen LogP contribution in [-0.4, -0.2) is 18.9 Å². The third-order valence-corrected chi connectivity index (χ3v) is 4.00. The molecule has 0 spiro atoms. The van der Waals surface area contributed by atoms with Gasteiger partial charge in [-0.2, -0.15) is 0 Å². The third kappa shape index (κ3) is 4.83. The van der Waals surface area contributed by atoms with Gasteiger partial charge in [0.25, 0.3) is 0 Å². The van der Waals surface area contributed by atoms with Crippen molar-refractivity contribution in [3.63, 3.8) is 0 Å². The van der Waals surface area contributed by atoms with Gasteiger partial charge in [-0.1, -0.05) is 35.9 Å². The molecule has 2 rings (SSSR count). The van der Waals surface area contributed by atoms with Gasteiger partial charge < -0.3 is 15.4 Å². The zero-order chi connectivity index (χ0) is 18.4. The number of rotatable bonds is 6. The first kappa shape index (κ1) is 18.5. The maximum absolute atomic E-state index is 12.5. The third-order valence-electron chi connectivity index (χ3n) is 4.00. The largest absolute Gasteiger partial charge is 0.497 e. The van der Waals surface area contributed by atoms with Crippen molar-refractivity contribution in [1.82, 2.24) is 5.32 Å². The number of carbonyl (C=O) groups is 2. The van der Waals surface area contributed by atoms with E-state index < -0.39 is 5.41 Å². The van der Waals surface area contributed by atoms with Crippen molar-refractivity contribution in [3.05, 3.63) is 59.7 Å². The second kappa shape index (κ2) is 7.83. The molecule has 2 N–H and O–H groups in total. The maximum Gasteiger partial charge on any atom is 0.239 e. The monoisotopic (exact) mass is 340 g/mol. The topological polar surface area (TPSA) is 67.4 Å². The van der Waals surface area contributed by atoms with E-state index in [0.29, 0.717) is 18.0 Å². The van der Waals surface area contributed by atoms with Crippen LogP contribution >= 0.6 is 0 Å². The fraction of sp³-hybridized carbons (Fsp3) is 0.300. The van der Waals surface area contributed by atoms with Crippen molar-refractivity contribution in [3.8, 4) is 5.75 Å². The number of benzene rings is 2. The highest BCUT2D eigenvalue weighted by Gasteiger charge is 2.36. The molecular formula is C20H24N2O3. The van der Waals surface area contributed by atoms with Crippen LogP contribution in [0.5, 0.6) is 5.75 Å². The standard InChI is InChI=1S/C20H24N2O3/c1-14-7-5-8-15(11-14)13-21-18(23)20(2,3)19(24)22-16-9-6-10-17(12-16)25-4/h5-12H,13H2,1-4H3,(H,21,23)(H,22,24). The lowest BCUT2D eigenvalue weighted by Crippen LogP contribution is -2.44. The number of carbonyl (C=O) groups excluding carboxylic acids is 2. The van der Waals surface area contributed by atoms with Gasteiger partial charge in [-0.05, 0) is 38.5 Å². The van der Waals surface area contributed by atoms with Crippen LogP contribution in [0.1, 0.15) is 25.0 Å². The second-order valence-electron chi connectivity index (χ2n) is 6.48. The quantitative estimate of drug-likeness (QED) is 0.793. The molecule has 0 aromatic heterocycles. The smallest absolute Gasteiger partial charge is 0.239 e. The Bertz CT molecular complexity index is 769. The molecule has 132 valence electrons. The first-order chi connectivity index (χ1) is 11.8. The Hall–Kier alpha value is -2.82. The molecule has 5 heteroatoms. The summed E-state index contributed by atoms with van der Waals surface area (Å²) in [6.45, 7) is 5.59. The Labute approximate surface area is 148 Å². The van der Waals surface area contributed by atoms with Gasteiger partial charge >= 0.3 is 0 Å². The molecule has 0 aliphatic rings. The second-order valence-corrected chi connectivity index (χ2v) is 6.48. The number of anilines is 1. The van der Waals surface area contributed by atoms with Gasteiger partial charge in [0.05, 0.1) is 7.11 Å². The van der Waals surface area contributed by atoms with Crippen molar-refractivity contribution < 1.29 is 14.3 Å². The summed E-state index contributed by atoms with van der Waals surface area (Å²) >= 11 is 0. The summed E-state index contributed by atoms with van der Waals surface area (Å²) in [5.41, 5.74) is 1.51. The average Bonchev–Trinajstić information content (AvgIpc) is 2.59. The lowest BCUT2D eigenvalue weighted by molar-refractivity contribution is -0.138. The van der Waals surface area contributed by atoms with Gasteiger partial charge in [0.1, 0.15) is 11.2 Å². The number of amides is 2. The molecule has 0 aliphatic carbocycles. The molecule has 0 aliphatic heterocycles. The minimum Gasteiger partial charge on any atom is -0.497 e. The normalized spacial score (nSPS) is 10.9. The van der Waals surface area contributed by atoms with E-state index in [1.54, 1.807) is 45.2 Å². The molecule has 0 heterocycles. The van der Waals surface area contributed by atoms with E-state index in [0.717, 1.165) is 11.1 Å². The van der Waals surface area contributed by atoms with Crippen molar-refractivity contribution >= 4 is 17.5 Å². The number of hydrogen-bond donors (Lipinski definition) is 2. The van der Waals surface area contributed by atoms with E-state index in [4.69, 9.17) is 4.74 Å². The molecule has 25 heavy (non-hydrogen) atoms. The van der Waals surface area contributed by atoms with Crippen LogP contribution < -0.4 is 15.4 Å². The van der Waals surface area contributed by atoms with E-state index >= 15 is 0 Å². The molecule has 0 fully saturated rings. The molecule has 0 saturated carbocycles. The van der Waals surface area contributed by atoms with E-state index in [2.05, 4.69) is 10.6 Å². The summed E-state index contributed by atoms with van der Waals surface area (Å²) in [4.78, 5) is 25.0. The zero-order valence-corrected chi connectivity index (χ0v) is 15.1. The van der Waals surface area contributed by atoms with Crippen molar-refractivity contribution in [1.29, 1.82) is 0 Å². The molecule has 0 atom stereocenters. The van der Waals surface area contributed by atoms with Crippen molar-refractivity contribution in [2.45, 2.75) is 27.3 Å². The molecule has 0 unspecified atom stereocenters. The maximum atomic E-state index is 12.5. The number of ether oxygens (including phenoxy) is 1. The molecule has 2 amide bonds. The molecule has 2 aromatic carbocycles. The van der Waals surface area contributed by atoms with Crippen LogP contribution in [0, 0.1) is 12.3 Å². The number of hydrogen-bond acceptors (Lipinski definition) is 3. The molecular weight excluding hydrogens is 316 g/mol. The average molecular weight is 340 g/mol. The molecule has 5 nitrogen and oxygen atoms in total. The predicted octanol–water partition coefficient (Wildman–Crippen LogP) is 3.28. The number of nitrogens with one attached hydrogen (secondary N) is 2. The highest BCUT2D eigenvalue weighted by atomic mass is 16.5.